The van der Waals surface area contributed by atoms with Crippen molar-refractivity contribution in [3.63, 3.8) is 0 Å². The van der Waals surface area contributed by atoms with E-state index in [2.05, 4.69) is 14.9 Å². The summed E-state index contributed by atoms with van der Waals surface area (Å²) in [6.07, 6.45) is 8.11. The zero-order valence-electron chi connectivity index (χ0n) is 21.7. The number of rotatable bonds is 5. The van der Waals surface area contributed by atoms with Crippen LogP contribution < -0.4 is 11.2 Å². The van der Waals surface area contributed by atoms with Crippen LogP contribution in [0, 0.1) is 17.6 Å². The second kappa shape index (κ2) is 10.1. The van der Waals surface area contributed by atoms with Gasteiger partial charge in [0.25, 0.3) is 5.56 Å². The van der Waals surface area contributed by atoms with Crippen molar-refractivity contribution in [2.45, 2.75) is 57.0 Å². The highest BCUT2D eigenvalue weighted by Crippen LogP contribution is 2.34. The highest BCUT2D eigenvalue weighted by molar-refractivity contribution is 5.94. The minimum Gasteiger partial charge on any atom is -0.306 e. The summed E-state index contributed by atoms with van der Waals surface area (Å²) in [6, 6.07) is 3.56. The zero-order chi connectivity index (χ0) is 27.3. The van der Waals surface area contributed by atoms with E-state index in [0.717, 1.165) is 32.1 Å². The van der Waals surface area contributed by atoms with E-state index in [-0.39, 0.29) is 34.8 Å². The van der Waals surface area contributed by atoms with Crippen molar-refractivity contribution in [3.05, 3.63) is 75.0 Å². The molecule has 1 aliphatic carbocycles. The summed E-state index contributed by atoms with van der Waals surface area (Å²) in [5.41, 5.74) is 0.138. The second-order valence-electron chi connectivity index (χ2n) is 10.9. The number of likely N-dealkylation sites (tertiary alicyclic amines) is 1. The molecule has 0 N–H and O–H groups in total. The summed E-state index contributed by atoms with van der Waals surface area (Å²) in [5, 5.41) is 0.120. The number of halogens is 2. The van der Waals surface area contributed by atoms with Gasteiger partial charge in [-0.1, -0.05) is 0 Å². The summed E-state index contributed by atoms with van der Waals surface area (Å²) in [4.78, 5) is 50.9. The predicted molar refractivity (Wildman–Crippen MR) is 141 cm³/mol. The van der Waals surface area contributed by atoms with Crippen molar-refractivity contribution in [3.8, 4) is 0 Å². The Labute approximate surface area is 222 Å². The second-order valence-corrected chi connectivity index (χ2v) is 10.9. The number of pyridine rings is 2. The highest BCUT2D eigenvalue weighted by Gasteiger charge is 2.30. The Kier molecular flexibility index (Phi) is 6.62. The molecule has 6 rings (SSSR count). The fourth-order valence-corrected chi connectivity index (χ4v) is 6.18. The van der Waals surface area contributed by atoms with E-state index in [9.17, 15) is 23.2 Å². The molecule has 39 heavy (non-hydrogen) atoms. The van der Waals surface area contributed by atoms with Crippen molar-refractivity contribution in [2.75, 3.05) is 20.1 Å². The summed E-state index contributed by atoms with van der Waals surface area (Å²) >= 11 is 0. The van der Waals surface area contributed by atoms with Gasteiger partial charge in [-0.25, -0.2) is 23.5 Å². The normalized spacial score (nSPS) is 21.1. The van der Waals surface area contributed by atoms with Crippen LogP contribution in [0.3, 0.4) is 0 Å². The first kappa shape index (κ1) is 25.5. The van der Waals surface area contributed by atoms with E-state index >= 15 is 0 Å². The van der Waals surface area contributed by atoms with Crippen LogP contribution in [0.1, 0.15) is 67.5 Å². The van der Waals surface area contributed by atoms with Crippen LogP contribution in [0.4, 0.5) is 8.78 Å². The molecule has 1 aliphatic heterocycles. The number of Topliss-reactive ketones (excluding diaryl/α,β-unsaturated/α-hetero) is 1. The molecule has 1 saturated heterocycles. The molecule has 11 heteroatoms. The van der Waals surface area contributed by atoms with E-state index in [4.69, 9.17) is 0 Å². The van der Waals surface area contributed by atoms with Gasteiger partial charge in [0, 0.05) is 30.9 Å². The molecule has 4 aromatic rings. The number of hydrogen-bond acceptors (Lipinski definition) is 6. The number of carbonyl (C=O) groups excluding carboxylic acids is 1. The zero-order valence-corrected chi connectivity index (χ0v) is 21.7. The molecule has 2 fully saturated rings. The lowest BCUT2D eigenvalue weighted by molar-refractivity contribution is 0.0938. The van der Waals surface area contributed by atoms with Gasteiger partial charge in [-0.15, -0.1) is 0 Å². The fraction of sp³-hybridized carbons (Fsp3) is 0.464. The lowest BCUT2D eigenvalue weighted by Crippen LogP contribution is -2.46. The van der Waals surface area contributed by atoms with Crippen LogP contribution in [0.25, 0.3) is 16.7 Å². The van der Waals surface area contributed by atoms with E-state index in [1.54, 1.807) is 10.8 Å². The topological polar surface area (TPSA) is 94.5 Å². The standard InChI is InChI=1S/C28H30F2N6O3/c1-33-10-8-21(9-11-33)35-26-22(13-19(30)14-31-26)27(38)36(28(35)39)20-5-2-17(3-6-20)12-24(37)23-16-34-15-18(29)4-7-25(34)32-23/h4,7,13-17,20-21H,2-3,5-6,8-12H2,1H3. The molecule has 0 amide bonds. The monoisotopic (exact) mass is 536 g/mol. The Morgan fingerprint density at radius 1 is 0.949 bits per heavy atom. The molecule has 0 radical (unpaired) electrons. The average Bonchev–Trinajstić information content (AvgIpc) is 3.35. The van der Waals surface area contributed by atoms with Crippen molar-refractivity contribution in [1.29, 1.82) is 0 Å². The molecule has 0 unspecified atom stereocenters. The van der Waals surface area contributed by atoms with Gasteiger partial charge in [-0.2, -0.15) is 0 Å². The van der Waals surface area contributed by atoms with Gasteiger partial charge in [-0.3, -0.25) is 18.7 Å². The number of carbonyl (C=O) groups is 1. The number of aromatic nitrogens is 5. The molecule has 204 valence electrons. The Morgan fingerprint density at radius 3 is 2.41 bits per heavy atom. The smallest absolute Gasteiger partial charge is 0.306 e. The molecule has 0 aromatic carbocycles. The van der Waals surface area contributed by atoms with Crippen molar-refractivity contribution >= 4 is 22.5 Å². The number of nitrogens with zero attached hydrogens (tertiary/aromatic N) is 6. The molecule has 1 saturated carbocycles. The average molecular weight is 537 g/mol. The number of ketones is 1. The van der Waals surface area contributed by atoms with Gasteiger partial charge in [0.05, 0.1) is 11.6 Å². The summed E-state index contributed by atoms with van der Waals surface area (Å²) in [7, 11) is 2.03. The third-order valence-corrected chi connectivity index (χ3v) is 8.33. The highest BCUT2D eigenvalue weighted by atomic mass is 19.1. The van der Waals surface area contributed by atoms with Crippen LogP contribution in [-0.2, 0) is 0 Å². The summed E-state index contributed by atoms with van der Waals surface area (Å²) in [6.45, 7) is 1.64. The van der Waals surface area contributed by atoms with E-state index in [1.807, 2.05) is 7.05 Å². The number of fused-ring (bicyclic) bond motifs is 2. The quantitative estimate of drug-likeness (QED) is 0.361. The van der Waals surface area contributed by atoms with E-state index in [0.29, 0.717) is 43.4 Å². The maximum Gasteiger partial charge on any atom is 0.333 e. The van der Waals surface area contributed by atoms with Crippen LogP contribution in [-0.4, -0.2) is 54.3 Å². The molecule has 0 bridgehead atoms. The van der Waals surface area contributed by atoms with Gasteiger partial charge < -0.3 is 9.30 Å². The summed E-state index contributed by atoms with van der Waals surface area (Å²) in [5.74, 6) is -1.05. The minimum atomic E-state index is -0.614. The largest absolute Gasteiger partial charge is 0.333 e. The van der Waals surface area contributed by atoms with Crippen molar-refractivity contribution in [2.24, 2.45) is 5.92 Å². The van der Waals surface area contributed by atoms with Gasteiger partial charge >= 0.3 is 5.69 Å². The van der Waals surface area contributed by atoms with Gasteiger partial charge in [0.2, 0.25) is 0 Å². The molecule has 9 nitrogen and oxygen atoms in total. The Hall–Kier alpha value is -3.73. The Balaban J connectivity index is 1.24. The SMILES string of the molecule is CN1CCC(n2c(=O)n(C3CCC(CC(=O)c4cn5cc(F)ccc5n4)CC3)c(=O)c3cc(F)cnc32)CC1. The molecular weight excluding hydrogens is 506 g/mol. The molecule has 0 spiro atoms. The molecule has 5 heterocycles. The van der Waals surface area contributed by atoms with Crippen molar-refractivity contribution < 1.29 is 13.6 Å². The van der Waals surface area contributed by atoms with Gasteiger partial charge in [-0.05, 0) is 82.8 Å². The maximum atomic E-state index is 14.2. The first-order valence-electron chi connectivity index (χ1n) is 13.5. The number of piperidine rings is 1. The van der Waals surface area contributed by atoms with Gasteiger partial charge in [0.1, 0.15) is 28.6 Å². The van der Waals surface area contributed by atoms with Crippen LogP contribution in [0.5, 0.6) is 0 Å². The lowest BCUT2D eigenvalue weighted by Gasteiger charge is -2.33. The third-order valence-electron chi connectivity index (χ3n) is 8.33. The third kappa shape index (κ3) is 4.80. The maximum absolute atomic E-state index is 14.2. The predicted octanol–water partition coefficient (Wildman–Crippen LogP) is 3.76. The molecule has 0 atom stereocenters. The molecule has 2 aliphatic rings. The lowest BCUT2D eigenvalue weighted by atomic mass is 9.82. The van der Waals surface area contributed by atoms with Crippen LogP contribution in [0.2, 0.25) is 0 Å². The van der Waals surface area contributed by atoms with E-state index < -0.39 is 22.9 Å². The van der Waals surface area contributed by atoms with E-state index in [1.165, 1.54) is 33.4 Å². The van der Waals surface area contributed by atoms with Crippen molar-refractivity contribution in [1.82, 2.24) is 28.4 Å². The van der Waals surface area contributed by atoms with Crippen LogP contribution in [0.15, 0.2) is 46.4 Å². The molecular formula is C28H30F2N6O3. The molecule has 4 aromatic heterocycles. The fourth-order valence-electron chi connectivity index (χ4n) is 6.18. The van der Waals surface area contributed by atoms with Crippen LogP contribution >= 0.6 is 0 Å². The number of hydrogen-bond donors (Lipinski definition) is 0. The van der Waals surface area contributed by atoms with Gasteiger partial charge in [0.15, 0.2) is 5.78 Å². The minimum absolute atomic E-state index is 0.0849. The summed E-state index contributed by atoms with van der Waals surface area (Å²) < 4.78 is 32.1. The number of imidazole rings is 1. The first-order valence-corrected chi connectivity index (χ1v) is 13.5. The Bertz CT molecular complexity index is 1680. The Morgan fingerprint density at radius 2 is 1.67 bits per heavy atom. The first-order chi connectivity index (χ1) is 18.8.